The first-order valence-electron chi connectivity index (χ1n) is 8.57. The van der Waals surface area contributed by atoms with Crippen LogP contribution in [-0.4, -0.2) is 34.7 Å². The molecule has 3 heterocycles. The second-order valence-corrected chi connectivity index (χ2v) is 6.69. The third-order valence-corrected chi connectivity index (χ3v) is 5.18. The zero-order valence-corrected chi connectivity index (χ0v) is 13.4. The molecule has 1 aliphatic heterocycles. The quantitative estimate of drug-likeness (QED) is 0.812. The minimum absolute atomic E-state index is 0.0444. The number of nitriles is 1. The van der Waals surface area contributed by atoms with Crippen molar-refractivity contribution < 1.29 is 4.74 Å². The van der Waals surface area contributed by atoms with Crippen LogP contribution in [0.4, 0.5) is 5.82 Å². The molecular weight excluding hydrogens is 288 g/mol. The highest BCUT2D eigenvalue weighted by molar-refractivity contribution is 5.60. The topological polar surface area (TPSA) is 53.6 Å². The lowest BCUT2D eigenvalue weighted by molar-refractivity contribution is -0.0654. The lowest BCUT2D eigenvalue weighted by Crippen LogP contribution is -2.52. The molecule has 0 unspecified atom stereocenters. The minimum atomic E-state index is -0.0444. The van der Waals surface area contributed by atoms with Crippen molar-refractivity contribution in [2.75, 3.05) is 24.6 Å². The molecule has 23 heavy (non-hydrogen) atoms. The zero-order valence-electron chi connectivity index (χ0n) is 13.4. The van der Waals surface area contributed by atoms with E-state index in [9.17, 15) is 5.26 Å². The maximum atomic E-state index is 9.61. The summed E-state index contributed by atoms with van der Waals surface area (Å²) in [6, 6.07) is 8.18. The third kappa shape index (κ3) is 2.57. The van der Waals surface area contributed by atoms with Crippen LogP contribution in [-0.2, 0) is 4.74 Å². The van der Waals surface area contributed by atoms with Crippen molar-refractivity contribution in [2.24, 2.45) is 0 Å². The van der Waals surface area contributed by atoms with Crippen molar-refractivity contribution >= 4 is 11.5 Å². The van der Waals surface area contributed by atoms with E-state index in [1.54, 1.807) is 0 Å². The summed E-state index contributed by atoms with van der Waals surface area (Å²) in [6.07, 6.45) is 9.25. The number of anilines is 1. The number of nitrogens with zero attached hydrogens (tertiary/aromatic N) is 4. The molecule has 2 aliphatic rings. The van der Waals surface area contributed by atoms with E-state index in [-0.39, 0.29) is 5.60 Å². The van der Waals surface area contributed by atoms with Crippen LogP contribution in [0.5, 0.6) is 0 Å². The molecule has 5 heteroatoms. The molecule has 1 saturated carbocycles. The highest BCUT2D eigenvalue weighted by Crippen LogP contribution is 2.35. The molecule has 2 aromatic rings. The Morgan fingerprint density at radius 2 is 2.00 bits per heavy atom. The lowest BCUT2D eigenvalue weighted by atomic mass is 9.92. The summed E-state index contributed by atoms with van der Waals surface area (Å²) >= 11 is 0. The molecule has 1 spiro atoms. The van der Waals surface area contributed by atoms with E-state index in [0.717, 1.165) is 44.0 Å². The largest absolute Gasteiger partial charge is 0.371 e. The van der Waals surface area contributed by atoms with E-state index in [1.807, 2.05) is 28.8 Å². The van der Waals surface area contributed by atoms with E-state index in [4.69, 9.17) is 9.72 Å². The average Bonchev–Trinajstić information content (AvgIpc) is 2.83. The van der Waals surface area contributed by atoms with Gasteiger partial charge in [0.15, 0.2) is 11.5 Å². The summed E-state index contributed by atoms with van der Waals surface area (Å²) in [4.78, 5) is 6.98. The van der Waals surface area contributed by atoms with Crippen LogP contribution in [0.1, 0.15) is 44.2 Å². The van der Waals surface area contributed by atoms with Crippen molar-refractivity contribution in [1.82, 2.24) is 9.38 Å². The van der Waals surface area contributed by atoms with Gasteiger partial charge in [-0.05, 0) is 25.0 Å². The number of fused-ring (bicyclic) bond motifs is 1. The number of aromatic nitrogens is 2. The van der Waals surface area contributed by atoms with Gasteiger partial charge in [-0.1, -0.05) is 31.7 Å². The molecule has 0 atom stereocenters. The van der Waals surface area contributed by atoms with Crippen LogP contribution in [0, 0.1) is 11.3 Å². The van der Waals surface area contributed by atoms with Gasteiger partial charge in [-0.2, -0.15) is 5.26 Å². The second-order valence-electron chi connectivity index (χ2n) is 6.69. The normalized spacial score (nSPS) is 21.3. The number of imidazole rings is 1. The van der Waals surface area contributed by atoms with Crippen LogP contribution >= 0.6 is 0 Å². The van der Waals surface area contributed by atoms with Gasteiger partial charge in [-0.25, -0.2) is 4.98 Å². The highest BCUT2D eigenvalue weighted by atomic mass is 16.5. The molecule has 2 aromatic heterocycles. The average molecular weight is 310 g/mol. The Hall–Kier alpha value is -2.06. The molecule has 2 fully saturated rings. The molecule has 120 valence electrons. The van der Waals surface area contributed by atoms with Gasteiger partial charge in [0.05, 0.1) is 12.2 Å². The number of hydrogen-bond acceptors (Lipinski definition) is 4. The summed E-state index contributed by atoms with van der Waals surface area (Å²) in [6.45, 7) is 2.38. The van der Waals surface area contributed by atoms with Gasteiger partial charge in [-0.3, -0.25) is 4.40 Å². The number of rotatable bonds is 1. The lowest BCUT2D eigenvalue weighted by Gasteiger charge is -2.42. The predicted octanol–water partition coefficient (Wildman–Crippen LogP) is 3.14. The molecule has 0 aromatic carbocycles. The maximum Gasteiger partial charge on any atom is 0.169 e. The fourth-order valence-corrected chi connectivity index (χ4v) is 4.01. The summed E-state index contributed by atoms with van der Waals surface area (Å²) in [7, 11) is 0. The molecule has 0 amide bonds. The van der Waals surface area contributed by atoms with Gasteiger partial charge in [0.2, 0.25) is 0 Å². The molecular formula is C18H22N4O. The number of pyridine rings is 1. The molecule has 1 aliphatic carbocycles. The van der Waals surface area contributed by atoms with Crippen molar-refractivity contribution in [1.29, 1.82) is 5.26 Å². The van der Waals surface area contributed by atoms with Gasteiger partial charge >= 0.3 is 0 Å². The summed E-state index contributed by atoms with van der Waals surface area (Å²) in [5.74, 6) is 0.811. The fraction of sp³-hybridized carbons (Fsp3) is 0.556. The van der Waals surface area contributed by atoms with Crippen molar-refractivity contribution in [2.45, 2.75) is 44.1 Å². The second kappa shape index (κ2) is 5.86. The van der Waals surface area contributed by atoms with Crippen LogP contribution < -0.4 is 4.90 Å². The molecule has 0 radical (unpaired) electrons. The fourth-order valence-electron chi connectivity index (χ4n) is 4.01. The van der Waals surface area contributed by atoms with Crippen LogP contribution in [0.25, 0.3) is 5.65 Å². The molecule has 0 bridgehead atoms. The van der Waals surface area contributed by atoms with Gasteiger partial charge in [0, 0.05) is 19.3 Å². The van der Waals surface area contributed by atoms with Crippen LogP contribution in [0.3, 0.4) is 0 Å². The molecule has 5 nitrogen and oxygen atoms in total. The van der Waals surface area contributed by atoms with E-state index < -0.39 is 0 Å². The third-order valence-electron chi connectivity index (χ3n) is 5.18. The molecule has 4 rings (SSSR count). The Morgan fingerprint density at radius 3 is 2.78 bits per heavy atom. The van der Waals surface area contributed by atoms with Crippen molar-refractivity contribution in [3.8, 4) is 6.07 Å². The summed E-state index contributed by atoms with van der Waals surface area (Å²) in [5, 5.41) is 9.61. The first kappa shape index (κ1) is 14.5. The molecule has 0 N–H and O–H groups in total. The monoisotopic (exact) mass is 310 g/mol. The van der Waals surface area contributed by atoms with E-state index >= 15 is 0 Å². The van der Waals surface area contributed by atoms with E-state index in [0.29, 0.717) is 5.69 Å². The SMILES string of the molecule is N#Cc1c(N2CCOC3(CCCCCC3)C2)nc2ccccn12. The number of hydrogen-bond donors (Lipinski definition) is 0. The van der Waals surface area contributed by atoms with Gasteiger partial charge < -0.3 is 9.64 Å². The smallest absolute Gasteiger partial charge is 0.169 e. The maximum absolute atomic E-state index is 9.61. The highest BCUT2D eigenvalue weighted by Gasteiger charge is 2.38. The number of morpholine rings is 1. The van der Waals surface area contributed by atoms with Crippen LogP contribution in [0.2, 0.25) is 0 Å². The van der Waals surface area contributed by atoms with Gasteiger partial charge in [-0.15, -0.1) is 0 Å². The van der Waals surface area contributed by atoms with Crippen LogP contribution in [0.15, 0.2) is 24.4 Å². The number of ether oxygens (including phenoxy) is 1. The molecule has 1 saturated heterocycles. The first-order chi connectivity index (χ1) is 11.3. The van der Waals surface area contributed by atoms with E-state index in [2.05, 4.69) is 11.0 Å². The van der Waals surface area contributed by atoms with Gasteiger partial charge in [0.25, 0.3) is 0 Å². The van der Waals surface area contributed by atoms with Crippen molar-refractivity contribution in [3.05, 3.63) is 30.1 Å². The Kier molecular flexibility index (Phi) is 3.70. The minimum Gasteiger partial charge on any atom is -0.371 e. The Morgan fingerprint density at radius 1 is 1.17 bits per heavy atom. The Balaban J connectivity index is 1.69. The van der Waals surface area contributed by atoms with Crippen molar-refractivity contribution in [3.63, 3.8) is 0 Å². The van der Waals surface area contributed by atoms with Gasteiger partial charge in [0.1, 0.15) is 11.7 Å². The summed E-state index contributed by atoms with van der Waals surface area (Å²) in [5.41, 5.74) is 1.42. The standard InChI is InChI=1S/C18H22N4O/c19-13-15-17(20-16-7-3-6-10-22(15)16)21-11-12-23-18(14-21)8-4-1-2-5-9-18/h3,6-7,10H,1-2,4-5,8-9,11-12,14H2. The zero-order chi connectivity index (χ0) is 15.7. The van der Waals surface area contributed by atoms with E-state index in [1.165, 1.54) is 25.7 Å². The summed E-state index contributed by atoms with van der Waals surface area (Å²) < 4.78 is 8.11. The first-order valence-corrected chi connectivity index (χ1v) is 8.57. The Labute approximate surface area is 136 Å². The Bertz CT molecular complexity index is 737. The predicted molar refractivity (Wildman–Crippen MR) is 88.5 cm³/mol.